The third-order valence-corrected chi connectivity index (χ3v) is 9.30. The number of imidazole rings is 1. The number of nitrogens with zero attached hydrogens (tertiary/aromatic N) is 3. The van der Waals surface area contributed by atoms with Crippen LogP contribution in [0.1, 0.15) is 40.9 Å². The Labute approximate surface area is 214 Å². The molecular formula is C24H21N3O8S2. The molecule has 3 aliphatic heterocycles. The molecule has 1 N–H and O–H groups in total. The van der Waals surface area contributed by atoms with Gasteiger partial charge in [-0.2, -0.15) is 0 Å². The summed E-state index contributed by atoms with van der Waals surface area (Å²) in [6.07, 6.45) is 1.88. The summed E-state index contributed by atoms with van der Waals surface area (Å²) in [5.74, 6) is -2.99. The summed E-state index contributed by atoms with van der Waals surface area (Å²) in [7, 11) is -3.60. The van der Waals surface area contributed by atoms with Gasteiger partial charge in [-0.25, -0.2) is 23.0 Å². The molecule has 13 heteroatoms. The molecule has 11 nitrogen and oxygen atoms in total. The first-order valence-corrected chi connectivity index (χ1v) is 14.1. The van der Waals surface area contributed by atoms with E-state index in [1.807, 2.05) is 6.92 Å². The highest BCUT2D eigenvalue weighted by Gasteiger charge is 2.60. The van der Waals surface area contributed by atoms with E-state index in [0.717, 1.165) is 17.6 Å². The first kappa shape index (κ1) is 23.8. The Balaban J connectivity index is 1.45. The highest BCUT2D eigenvalue weighted by Crippen LogP contribution is 2.52. The van der Waals surface area contributed by atoms with Crippen molar-refractivity contribution in [3.63, 3.8) is 0 Å². The average molecular weight is 544 g/mol. The molecule has 0 radical (unpaired) electrons. The minimum Gasteiger partial charge on any atom is -0.417 e. The Morgan fingerprint density at radius 1 is 1.27 bits per heavy atom. The normalized spacial score (nSPS) is 25.7. The molecule has 0 aliphatic carbocycles. The molecule has 1 aromatic carbocycles. The molecule has 1 fully saturated rings. The number of aliphatic hydroxyl groups excluding tert-OH is 1. The Kier molecular flexibility index (Phi) is 5.13. The van der Waals surface area contributed by atoms with E-state index in [2.05, 4.69) is 4.98 Å². The summed E-state index contributed by atoms with van der Waals surface area (Å²) in [5, 5.41) is 10.2. The molecule has 3 aromatic rings. The van der Waals surface area contributed by atoms with Crippen LogP contribution in [0.2, 0.25) is 0 Å². The molecule has 2 aromatic heterocycles. The topological polar surface area (TPSA) is 145 Å². The fraction of sp³-hybridized carbons (Fsp3) is 0.333. The second kappa shape index (κ2) is 7.97. The van der Waals surface area contributed by atoms with Gasteiger partial charge in [0.05, 0.1) is 28.5 Å². The van der Waals surface area contributed by atoms with E-state index in [1.54, 1.807) is 34.9 Å². The quantitative estimate of drug-likeness (QED) is 0.376. The van der Waals surface area contributed by atoms with Gasteiger partial charge in [-0.15, -0.1) is 11.3 Å². The smallest absolute Gasteiger partial charge is 0.358 e. The van der Waals surface area contributed by atoms with Crippen molar-refractivity contribution in [2.45, 2.75) is 37.3 Å². The lowest BCUT2D eigenvalue weighted by atomic mass is 9.77. The molecule has 0 bridgehead atoms. The van der Waals surface area contributed by atoms with Crippen LogP contribution in [0.4, 0.5) is 0 Å². The average Bonchev–Trinajstić information content (AvgIpc) is 3.53. The Morgan fingerprint density at radius 2 is 2.00 bits per heavy atom. The second-order valence-corrected chi connectivity index (χ2v) is 12.3. The van der Waals surface area contributed by atoms with Crippen molar-refractivity contribution in [1.29, 1.82) is 0 Å². The number of thiazole rings is 1. The number of sulfone groups is 1. The number of β-lactam (4-membered cyclic amide) rings is 1. The standard InChI is InChI=1S/C24H21N3O8S2/c1-10-15(14-8-26-9-25-19(21(26)36-14)37(3,32)33)18(27-17(10)16(11(2)28)20(27)29)23(31)35-24-13-7-5-4-6-12(13)22(30)34-24/h4-11,16-17,24,28H,1-3H3/t10?,11-,16-,17+,24?/m1/s1. The minimum atomic E-state index is -3.60. The molecule has 2 unspecified atom stereocenters. The van der Waals surface area contributed by atoms with Crippen molar-refractivity contribution in [3.8, 4) is 0 Å². The van der Waals surface area contributed by atoms with E-state index in [-0.39, 0.29) is 22.2 Å². The lowest BCUT2D eigenvalue weighted by Crippen LogP contribution is -2.63. The van der Waals surface area contributed by atoms with Gasteiger partial charge in [-0.3, -0.25) is 9.20 Å². The van der Waals surface area contributed by atoms with E-state index in [1.165, 1.54) is 18.2 Å². The van der Waals surface area contributed by atoms with Crippen molar-refractivity contribution in [1.82, 2.24) is 14.3 Å². The summed E-state index contributed by atoms with van der Waals surface area (Å²) < 4.78 is 36.8. The number of hydrogen-bond acceptors (Lipinski definition) is 10. The molecule has 37 heavy (non-hydrogen) atoms. The molecule has 5 heterocycles. The molecule has 1 amide bonds. The summed E-state index contributed by atoms with van der Waals surface area (Å²) in [6, 6.07) is 6.06. The maximum atomic E-state index is 13.6. The molecule has 0 saturated carbocycles. The summed E-state index contributed by atoms with van der Waals surface area (Å²) >= 11 is 1.12. The van der Waals surface area contributed by atoms with Crippen LogP contribution in [-0.4, -0.2) is 64.1 Å². The molecule has 3 aliphatic rings. The predicted octanol–water partition coefficient (Wildman–Crippen LogP) is 1.78. The van der Waals surface area contributed by atoms with Crippen LogP contribution in [0.5, 0.6) is 0 Å². The van der Waals surface area contributed by atoms with Crippen LogP contribution in [0.15, 0.2) is 47.5 Å². The minimum absolute atomic E-state index is 0.0156. The largest absolute Gasteiger partial charge is 0.417 e. The van der Waals surface area contributed by atoms with E-state index in [0.29, 0.717) is 20.8 Å². The fourth-order valence-electron chi connectivity index (χ4n) is 5.39. The third kappa shape index (κ3) is 3.37. The van der Waals surface area contributed by atoms with Crippen LogP contribution >= 0.6 is 11.3 Å². The van der Waals surface area contributed by atoms with E-state index in [9.17, 15) is 27.9 Å². The predicted molar refractivity (Wildman–Crippen MR) is 129 cm³/mol. The first-order chi connectivity index (χ1) is 17.5. The van der Waals surface area contributed by atoms with Gasteiger partial charge in [0.1, 0.15) is 16.9 Å². The SMILES string of the molecule is CC1C(c2cn3cnc(S(C)(=O)=O)c3s2)=C(C(=O)OC2OC(=O)c3ccccc32)N2C(=O)[C@H]([C@@H](C)O)[C@H]12. The first-order valence-electron chi connectivity index (χ1n) is 11.4. The molecule has 5 atom stereocenters. The van der Waals surface area contributed by atoms with Crippen molar-refractivity contribution in [2.75, 3.05) is 6.26 Å². The number of esters is 2. The number of aliphatic hydroxyl groups is 1. The molecule has 1 saturated heterocycles. The maximum absolute atomic E-state index is 13.6. The monoisotopic (exact) mass is 543 g/mol. The zero-order valence-corrected chi connectivity index (χ0v) is 21.4. The van der Waals surface area contributed by atoms with Gasteiger partial charge in [0.15, 0.2) is 14.9 Å². The fourth-order valence-corrected chi connectivity index (χ4v) is 7.75. The van der Waals surface area contributed by atoms with E-state index in [4.69, 9.17) is 9.47 Å². The number of ether oxygens (including phenoxy) is 2. The highest BCUT2D eigenvalue weighted by atomic mass is 32.2. The summed E-state index contributed by atoms with van der Waals surface area (Å²) in [6.45, 7) is 3.36. The lowest BCUT2D eigenvalue weighted by Gasteiger charge is -2.46. The van der Waals surface area contributed by atoms with Gasteiger partial charge in [0.25, 0.3) is 6.29 Å². The number of carbonyl (C=O) groups excluding carboxylic acids is 3. The third-order valence-electron chi connectivity index (χ3n) is 7.02. The number of hydrogen-bond donors (Lipinski definition) is 1. The Hall–Kier alpha value is -3.55. The van der Waals surface area contributed by atoms with Crippen molar-refractivity contribution >= 4 is 49.4 Å². The van der Waals surface area contributed by atoms with Crippen molar-refractivity contribution in [2.24, 2.45) is 11.8 Å². The van der Waals surface area contributed by atoms with Crippen molar-refractivity contribution < 1.29 is 37.4 Å². The van der Waals surface area contributed by atoms with Crippen LogP contribution < -0.4 is 0 Å². The van der Waals surface area contributed by atoms with Crippen molar-refractivity contribution in [3.05, 3.63) is 58.5 Å². The number of cyclic esters (lactones) is 1. The van der Waals surface area contributed by atoms with Gasteiger partial charge < -0.3 is 19.5 Å². The van der Waals surface area contributed by atoms with Crippen LogP contribution in [-0.2, 0) is 28.9 Å². The van der Waals surface area contributed by atoms with Gasteiger partial charge in [-0.05, 0) is 13.0 Å². The Bertz CT molecular complexity index is 1650. The van der Waals surface area contributed by atoms with Gasteiger partial charge in [0.2, 0.25) is 5.91 Å². The molecule has 6 rings (SSSR count). The highest BCUT2D eigenvalue weighted by molar-refractivity contribution is 7.91. The summed E-state index contributed by atoms with van der Waals surface area (Å²) in [4.78, 5) is 45.1. The van der Waals surface area contributed by atoms with Gasteiger partial charge in [-0.1, -0.05) is 25.1 Å². The molecular weight excluding hydrogens is 522 g/mol. The zero-order valence-electron chi connectivity index (χ0n) is 19.8. The summed E-state index contributed by atoms with van der Waals surface area (Å²) in [5.41, 5.74) is 1.16. The number of rotatable bonds is 5. The van der Waals surface area contributed by atoms with E-state index < -0.39 is 52.0 Å². The van der Waals surface area contributed by atoms with E-state index >= 15 is 0 Å². The van der Waals surface area contributed by atoms with Gasteiger partial charge in [0, 0.05) is 29.5 Å². The second-order valence-electron chi connectivity index (χ2n) is 9.38. The number of aromatic nitrogens is 2. The number of fused-ring (bicyclic) bond motifs is 3. The zero-order chi connectivity index (χ0) is 26.4. The maximum Gasteiger partial charge on any atom is 0.358 e. The number of carbonyl (C=O) groups is 3. The number of amides is 1. The molecule has 192 valence electrons. The van der Waals surface area contributed by atoms with Crippen LogP contribution in [0.25, 0.3) is 10.4 Å². The Morgan fingerprint density at radius 3 is 2.70 bits per heavy atom. The van der Waals surface area contributed by atoms with Gasteiger partial charge >= 0.3 is 11.9 Å². The molecule has 0 spiro atoms. The lowest BCUT2D eigenvalue weighted by molar-refractivity contribution is -0.173. The number of benzene rings is 1. The van der Waals surface area contributed by atoms with Crippen LogP contribution in [0.3, 0.4) is 0 Å². The van der Waals surface area contributed by atoms with Crippen LogP contribution in [0, 0.1) is 11.8 Å².